The van der Waals surface area contributed by atoms with E-state index in [1.54, 1.807) is 24.3 Å². The van der Waals surface area contributed by atoms with Gasteiger partial charge in [0.25, 0.3) is 5.91 Å². The Morgan fingerprint density at radius 1 is 1.08 bits per heavy atom. The molecule has 0 saturated carbocycles. The van der Waals surface area contributed by atoms with Crippen molar-refractivity contribution >= 4 is 23.4 Å². The molecule has 2 amide bonds. The number of rotatable bonds is 5. The quantitative estimate of drug-likeness (QED) is 0.789. The molecule has 1 aliphatic rings. The molecule has 0 radical (unpaired) electrons. The lowest BCUT2D eigenvalue weighted by Gasteiger charge is -2.33. The molecule has 0 atom stereocenters. The first-order valence-corrected chi connectivity index (χ1v) is 9.75. The van der Waals surface area contributed by atoms with Gasteiger partial charge in [0.2, 0.25) is 5.91 Å². The molecule has 26 heavy (non-hydrogen) atoms. The molecule has 1 aromatic carbocycles. The van der Waals surface area contributed by atoms with Crippen LogP contribution in [0.25, 0.3) is 0 Å². The van der Waals surface area contributed by atoms with Crippen molar-refractivity contribution in [3.8, 4) is 0 Å². The first-order chi connectivity index (χ1) is 12.3. The summed E-state index contributed by atoms with van der Waals surface area (Å²) in [6, 6.07) is 7.45. The lowest BCUT2D eigenvalue weighted by molar-refractivity contribution is -0.136. The average molecular weight is 380 g/mol. The summed E-state index contributed by atoms with van der Waals surface area (Å²) in [6.45, 7) is 11.5. The van der Waals surface area contributed by atoms with Crippen molar-refractivity contribution in [1.82, 2.24) is 14.7 Å². The number of benzene rings is 1. The molecule has 144 valence electrons. The van der Waals surface area contributed by atoms with Crippen LogP contribution in [-0.2, 0) is 4.79 Å². The van der Waals surface area contributed by atoms with Crippen LogP contribution in [0.4, 0.5) is 0 Å². The molecule has 0 aliphatic carbocycles. The summed E-state index contributed by atoms with van der Waals surface area (Å²) in [5.41, 5.74) is 0.618. The molecule has 0 N–H and O–H groups in total. The Bertz CT molecular complexity index is 625. The van der Waals surface area contributed by atoms with Gasteiger partial charge < -0.3 is 9.80 Å². The van der Waals surface area contributed by atoms with Crippen LogP contribution in [0, 0.1) is 0 Å². The van der Waals surface area contributed by atoms with Crippen molar-refractivity contribution in [3.05, 3.63) is 34.9 Å². The predicted octanol–water partition coefficient (Wildman–Crippen LogP) is 3.13. The molecule has 0 spiro atoms. The molecular weight excluding hydrogens is 350 g/mol. The molecule has 0 unspecified atom stereocenters. The Morgan fingerprint density at radius 2 is 1.77 bits per heavy atom. The van der Waals surface area contributed by atoms with Gasteiger partial charge in [-0.2, -0.15) is 0 Å². The first-order valence-electron chi connectivity index (χ1n) is 9.38. The zero-order valence-electron chi connectivity index (χ0n) is 16.2. The second-order valence-electron chi connectivity index (χ2n) is 7.42. The maximum absolute atomic E-state index is 12.7. The Balaban J connectivity index is 1.95. The van der Waals surface area contributed by atoms with Crippen LogP contribution in [0.5, 0.6) is 0 Å². The number of amides is 2. The van der Waals surface area contributed by atoms with Gasteiger partial charge in [0.15, 0.2) is 0 Å². The van der Waals surface area contributed by atoms with Gasteiger partial charge in [-0.05, 0) is 52.3 Å². The van der Waals surface area contributed by atoms with Gasteiger partial charge in [0.1, 0.15) is 0 Å². The zero-order chi connectivity index (χ0) is 19.3. The number of hydrogen-bond acceptors (Lipinski definition) is 3. The number of nitrogens with zero attached hydrogens (tertiary/aromatic N) is 3. The summed E-state index contributed by atoms with van der Waals surface area (Å²) in [5, 5.41) is 0.570. The van der Waals surface area contributed by atoms with Crippen molar-refractivity contribution in [2.75, 3.05) is 32.7 Å². The summed E-state index contributed by atoms with van der Waals surface area (Å²) in [5.74, 6) is 0.163. The Morgan fingerprint density at radius 3 is 2.38 bits per heavy atom. The SMILES string of the molecule is CC(C)N(C(=O)CN1CCCN(C(=O)c2cccc(Cl)c2)CC1)C(C)C. The molecule has 0 bridgehead atoms. The van der Waals surface area contributed by atoms with E-state index in [0.29, 0.717) is 36.8 Å². The monoisotopic (exact) mass is 379 g/mol. The molecule has 1 saturated heterocycles. The minimum atomic E-state index is 0.00617. The molecule has 0 aromatic heterocycles. The normalized spacial score (nSPS) is 16.0. The van der Waals surface area contributed by atoms with E-state index in [1.165, 1.54) is 0 Å². The first kappa shape index (κ1) is 20.7. The van der Waals surface area contributed by atoms with Gasteiger partial charge >= 0.3 is 0 Å². The summed E-state index contributed by atoms with van der Waals surface area (Å²) in [4.78, 5) is 31.3. The molecule has 2 rings (SSSR count). The topological polar surface area (TPSA) is 43.9 Å². The molecule has 1 heterocycles. The maximum Gasteiger partial charge on any atom is 0.253 e. The molecule has 1 fully saturated rings. The number of carbonyl (C=O) groups is 2. The van der Waals surface area contributed by atoms with Crippen LogP contribution >= 0.6 is 11.6 Å². The second-order valence-corrected chi connectivity index (χ2v) is 7.86. The minimum Gasteiger partial charge on any atom is -0.337 e. The molecular formula is C20H30ClN3O2. The van der Waals surface area contributed by atoms with Crippen molar-refractivity contribution in [2.24, 2.45) is 0 Å². The van der Waals surface area contributed by atoms with Crippen molar-refractivity contribution in [1.29, 1.82) is 0 Å². The molecule has 1 aliphatic heterocycles. The largest absolute Gasteiger partial charge is 0.337 e. The lowest BCUT2D eigenvalue weighted by Crippen LogP contribution is -2.47. The van der Waals surface area contributed by atoms with E-state index in [0.717, 1.165) is 13.0 Å². The highest BCUT2D eigenvalue weighted by atomic mass is 35.5. The summed E-state index contributed by atoms with van der Waals surface area (Å²) >= 11 is 6.00. The van der Waals surface area contributed by atoms with Gasteiger partial charge in [0.05, 0.1) is 6.54 Å². The van der Waals surface area contributed by atoms with Crippen molar-refractivity contribution in [2.45, 2.75) is 46.2 Å². The van der Waals surface area contributed by atoms with Crippen LogP contribution in [0.1, 0.15) is 44.5 Å². The number of hydrogen-bond donors (Lipinski definition) is 0. The third kappa shape index (κ3) is 5.45. The van der Waals surface area contributed by atoms with E-state index >= 15 is 0 Å². The summed E-state index contributed by atoms with van der Waals surface area (Å²) in [7, 11) is 0. The van der Waals surface area contributed by atoms with Gasteiger partial charge in [-0.25, -0.2) is 0 Å². The number of halogens is 1. The summed E-state index contributed by atoms with van der Waals surface area (Å²) in [6.07, 6.45) is 0.864. The Kier molecular flexibility index (Phi) is 7.47. The third-order valence-corrected chi connectivity index (χ3v) is 4.94. The van der Waals surface area contributed by atoms with Gasteiger partial charge in [-0.1, -0.05) is 17.7 Å². The minimum absolute atomic E-state index is 0.00617. The van der Waals surface area contributed by atoms with Crippen LogP contribution in [0.3, 0.4) is 0 Å². The molecule has 1 aromatic rings. The third-order valence-electron chi connectivity index (χ3n) is 4.71. The van der Waals surface area contributed by atoms with E-state index in [-0.39, 0.29) is 23.9 Å². The standard InChI is InChI=1S/C20H30ClN3O2/c1-15(2)24(16(3)4)19(25)14-22-9-6-10-23(12-11-22)20(26)17-7-5-8-18(21)13-17/h5,7-8,13,15-16H,6,9-12,14H2,1-4H3. The highest BCUT2D eigenvalue weighted by Gasteiger charge is 2.25. The highest BCUT2D eigenvalue weighted by molar-refractivity contribution is 6.30. The van der Waals surface area contributed by atoms with Gasteiger partial charge in [-0.3, -0.25) is 14.5 Å². The lowest BCUT2D eigenvalue weighted by atomic mass is 10.2. The Hall–Kier alpha value is -1.59. The average Bonchev–Trinajstić information content (AvgIpc) is 2.79. The molecule has 6 heteroatoms. The van der Waals surface area contributed by atoms with E-state index in [4.69, 9.17) is 11.6 Å². The van der Waals surface area contributed by atoms with E-state index in [9.17, 15) is 9.59 Å². The second kappa shape index (κ2) is 9.38. The van der Waals surface area contributed by atoms with E-state index in [2.05, 4.69) is 4.90 Å². The number of carbonyl (C=O) groups excluding carboxylic acids is 2. The summed E-state index contributed by atoms with van der Waals surface area (Å²) < 4.78 is 0. The van der Waals surface area contributed by atoms with E-state index < -0.39 is 0 Å². The predicted molar refractivity (Wildman–Crippen MR) is 106 cm³/mol. The van der Waals surface area contributed by atoms with Gasteiger partial charge in [-0.15, -0.1) is 0 Å². The van der Waals surface area contributed by atoms with E-state index in [1.807, 2.05) is 37.5 Å². The fraction of sp³-hybridized carbons (Fsp3) is 0.600. The van der Waals surface area contributed by atoms with Crippen molar-refractivity contribution < 1.29 is 9.59 Å². The smallest absolute Gasteiger partial charge is 0.253 e. The van der Waals surface area contributed by atoms with Crippen molar-refractivity contribution in [3.63, 3.8) is 0 Å². The van der Waals surface area contributed by atoms with Crippen LogP contribution in [0.2, 0.25) is 5.02 Å². The van der Waals surface area contributed by atoms with Crippen LogP contribution in [0.15, 0.2) is 24.3 Å². The fourth-order valence-corrected chi connectivity index (χ4v) is 3.77. The zero-order valence-corrected chi connectivity index (χ0v) is 17.0. The van der Waals surface area contributed by atoms with Crippen LogP contribution < -0.4 is 0 Å². The Labute approximate surface area is 161 Å². The fourth-order valence-electron chi connectivity index (χ4n) is 3.58. The van der Waals surface area contributed by atoms with Gasteiger partial charge in [0, 0.05) is 48.8 Å². The maximum atomic E-state index is 12.7. The highest BCUT2D eigenvalue weighted by Crippen LogP contribution is 2.15. The van der Waals surface area contributed by atoms with Crippen LogP contribution in [-0.4, -0.2) is 71.3 Å². The molecule has 5 nitrogen and oxygen atoms in total.